The molecule has 21 heavy (non-hydrogen) atoms. The van der Waals surface area contributed by atoms with E-state index in [9.17, 15) is 4.79 Å². The molecule has 0 fully saturated rings. The Labute approximate surface area is 129 Å². The molecule has 0 saturated carbocycles. The second-order valence-electron chi connectivity index (χ2n) is 4.11. The molecule has 1 aromatic carbocycles. The molecular formula is C14H18ClN3O3. The maximum absolute atomic E-state index is 11.4. The minimum absolute atomic E-state index is 0.0385. The molecule has 114 valence electrons. The summed E-state index contributed by atoms with van der Waals surface area (Å²) < 4.78 is 10.4. The smallest absolute Gasteiger partial charge is 0.258 e. The molecule has 0 atom stereocenters. The molecular weight excluding hydrogens is 294 g/mol. The van der Waals surface area contributed by atoms with Crippen molar-refractivity contribution in [3.8, 4) is 11.8 Å². The number of carbonyl (C=O) groups is 1. The Morgan fingerprint density at radius 1 is 1.48 bits per heavy atom. The first kappa shape index (κ1) is 17.2. The lowest BCUT2D eigenvalue weighted by Crippen LogP contribution is -2.29. The normalized spacial score (nSPS) is 9.95. The second kappa shape index (κ2) is 10.00. The van der Waals surface area contributed by atoms with Gasteiger partial charge in [0.15, 0.2) is 6.61 Å². The van der Waals surface area contributed by atoms with Crippen LogP contribution in [0, 0.1) is 11.3 Å². The molecule has 0 radical (unpaired) electrons. The molecule has 1 rings (SSSR count). The third kappa shape index (κ3) is 6.45. The van der Waals surface area contributed by atoms with Gasteiger partial charge in [0.1, 0.15) is 12.3 Å². The first-order valence-electron chi connectivity index (χ1n) is 6.42. The Morgan fingerprint density at radius 3 is 3.00 bits per heavy atom. The molecule has 0 heterocycles. The fourth-order valence-electron chi connectivity index (χ4n) is 1.57. The van der Waals surface area contributed by atoms with Crippen molar-refractivity contribution in [3.05, 3.63) is 28.8 Å². The fourth-order valence-corrected chi connectivity index (χ4v) is 1.80. The van der Waals surface area contributed by atoms with Crippen molar-refractivity contribution in [2.45, 2.75) is 6.54 Å². The zero-order chi connectivity index (χ0) is 15.5. The quantitative estimate of drug-likeness (QED) is 0.527. The van der Waals surface area contributed by atoms with Crippen molar-refractivity contribution in [3.63, 3.8) is 0 Å². The number of hydrogen-bond acceptors (Lipinski definition) is 5. The van der Waals surface area contributed by atoms with Crippen LogP contribution in [0.5, 0.6) is 5.75 Å². The Kier molecular flexibility index (Phi) is 8.21. The molecule has 1 aromatic rings. The van der Waals surface area contributed by atoms with E-state index >= 15 is 0 Å². The Bertz CT molecular complexity index is 503. The fraction of sp³-hybridized carbons (Fsp3) is 0.429. The highest BCUT2D eigenvalue weighted by molar-refractivity contribution is 6.31. The molecule has 2 N–H and O–H groups in total. The third-order valence-electron chi connectivity index (χ3n) is 2.58. The van der Waals surface area contributed by atoms with Crippen LogP contribution in [0.3, 0.4) is 0 Å². The summed E-state index contributed by atoms with van der Waals surface area (Å²) in [6.45, 7) is 1.59. The summed E-state index contributed by atoms with van der Waals surface area (Å²) in [5.41, 5.74) is 0.781. The van der Waals surface area contributed by atoms with Gasteiger partial charge in [-0.2, -0.15) is 5.26 Å². The average Bonchev–Trinajstić information content (AvgIpc) is 2.49. The number of benzene rings is 1. The van der Waals surface area contributed by atoms with Crippen molar-refractivity contribution in [1.82, 2.24) is 10.6 Å². The van der Waals surface area contributed by atoms with Crippen molar-refractivity contribution >= 4 is 17.5 Å². The molecule has 1 amide bonds. The minimum atomic E-state index is -0.352. The number of halogens is 1. The monoisotopic (exact) mass is 311 g/mol. The van der Waals surface area contributed by atoms with Gasteiger partial charge in [-0.3, -0.25) is 4.79 Å². The Morgan fingerprint density at radius 2 is 2.29 bits per heavy atom. The largest absolute Gasteiger partial charge is 0.483 e. The number of nitriles is 1. The van der Waals surface area contributed by atoms with Crippen LogP contribution in [0.4, 0.5) is 0 Å². The first-order chi connectivity index (χ1) is 10.2. The van der Waals surface area contributed by atoms with Gasteiger partial charge in [0.2, 0.25) is 0 Å². The lowest BCUT2D eigenvalue weighted by Gasteiger charge is -2.13. The Hall–Kier alpha value is -1.81. The first-order valence-corrected chi connectivity index (χ1v) is 6.80. The maximum atomic E-state index is 11.4. The SMILES string of the molecule is COCCNCc1c(Cl)cccc1OCC(=O)NCC#N. The summed E-state index contributed by atoms with van der Waals surface area (Å²) in [6.07, 6.45) is 0. The van der Waals surface area contributed by atoms with Crippen molar-refractivity contribution in [1.29, 1.82) is 5.26 Å². The van der Waals surface area contributed by atoms with E-state index in [1.165, 1.54) is 0 Å². The summed E-state index contributed by atoms with van der Waals surface area (Å²) in [5.74, 6) is 0.189. The van der Waals surface area contributed by atoms with E-state index in [0.717, 1.165) is 5.56 Å². The number of rotatable bonds is 9. The van der Waals surface area contributed by atoms with Gasteiger partial charge >= 0.3 is 0 Å². The van der Waals surface area contributed by atoms with Crippen LogP contribution in [0.1, 0.15) is 5.56 Å². The summed E-state index contributed by atoms with van der Waals surface area (Å²) in [4.78, 5) is 11.4. The van der Waals surface area contributed by atoms with E-state index in [1.54, 1.807) is 25.3 Å². The van der Waals surface area contributed by atoms with E-state index in [4.69, 9.17) is 26.3 Å². The van der Waals surface area contributed by atoms with Gasteiger partial charge in [0.05, 0.1) is 12.7 Å². The van der Waals surface area contributed by atoms with Crippen LogP contribution in [-0.2, 0) is 16.1 Å². The number of carbonyl (C=O) groups excluding carboxylic acids is 1. The van der Waals surface area contributed by atoms with Gasteiger partial charge < -0.3 is 20.1 Å². The predicted molar refractivity (Wildman–Crippen MR) is 79.2 cm³/mol. The van der Waals surface area contributed by atoms with Crippen molar-refractivity contribution in [2.75, 3.05) is 33.4 Å². The van der Waals surface area contributed by atoms with Gasteiger partial charge in [-0.1, -0.05) is 17.7 Å². The Balaban J connectivity index is 2.58. The molecule has 0 saturated heterocycles. The van der Waals surface area contributed by atoms with E-state index in [2.05, 4.69) is 10.6 Å². The van der Waals surface area contributed by atoms with Gasteiger partial charge in [-0.25, -0.2) is 0 Å². The molecule has 0 aliphatic carbocycles. The van der Waals surface area contributed by atoms with Crippen LogP contribution in [0.2, 0.25) is 5.02 Å². The molecule has 0 aliphatic rings. The summed E-state index contributed by atoms with van der Waals surface area (Å²) >= 11 is 6.15. The van der Waals surface area contributed by atoms with Crippen LogP contribution in [0.15, 0.2) is 18.2 Å². The lowest BCUT2D eigenvalue weighted by molar-refractivity contribution is -0.122. The lowest BCUT2D eigenvalue weighted by atomic mass is 10.2. The molecule has 0 bridgehead atoms. The molecule has 0 aromatic heterocycles. The number of hydrogen-bond donors (Lipinski definition) is 2. The number of ether oxygens (including phenoxy) is 2. The van der Waals surface area contributed by atoms with Crippen LogP contribution >= 0.6 is 11.6 Å². The van der Waals surface area contributed by atoms with Gasteiger partial charge in [0.25, 0.3) is 5.91 Å². The minimum Gasteiger partial charge on any atom is -0.483 e. The third-order valence-corrected chi connectivity index (χ3v) is 2.94. The highest BCUT2D eigenvalue weighted by atomic mass is 35.5. The molecule has 0 spiro atoms. The highest BCUT2D eigenvalue weighted by Crippen LogP contribution is 2.26. The second-order valence-corrected chi connectivity index (χ2v) is 4.52. The standard InChI is InChI=1S/C14H18ClN3O3/c1-20-8-7-17-9-11-12(15)3-2-4-13(11)21-10-14(19)18-6-5-16/h2-4,17H,6-10H2,1H3,(H,18,19). The van der Waals surface area contributed by atoms with Crippen molar-refractivity contribution < 1.29 is 14.3 Å². The summed E-state index contributed by atoms with van der Waals surface area (Å²) in [5, 5.41) is 14.5. The summed E-state index contributed by atoms with van der Waals surface area (Å²) in [6, 6.07) is 7.09. The van der Waals surface area contributed by atoms with Crippen molar-refractivity contribution in [2.24, 2.45) is 0 Å². The van der Waals surface area contributed by atoms with Crippen LogP contribution in [0.25, 0.3) is 0 Å². The van der Waals surface area contributed by atoms with E-state index in [1.807, 2.05) is 6.07 Å². The number of nitrogens with one attached hydrogen (secondary N) is 2. The van der Waals surface area contributed by atoms with Crippen LogP contribution in [-0.4, -0.2) is 39.3 Å². The number of amides is 1. The van der Waals surface area contributed by atoms with Crippen LogP contribution < -0.4 is 15.4 Å². The zero-order valence-electron chi connectivity index (χ0n) is 11.8. The molecule has 7 heteroatoms. The van der Waals surface area contributed by atoms with Gasteiger partial charge in [0, 0.05) is 30.8 Å². The summed E-state index contributed by atoms with van der Waals surface area (Å²) in [7, 11) is 1.63. The number of nitrogens with zero attached hydrogens (tertiary/aromatic N) is 1. The molecule has 6 nitrogen and oxygen atoms in total. The maximum Gasteiger partial charge on any atom is 0.258 e. The average molecular weight is 312 g/mol. The zero-order valence-corrected chi connectivity index (χ0v) is 12.6. The van der Waals surface area contributed by atoms with E-state index in [0.29, 0.717) is 30.5 Å². The van der Waals surface area contributed by atoms with E-state index in [-0.39, 0.29) is 19.1 Å². The predicted octanol–water partition coefficient (Wildman–Crippen LogP) is 1.09. The van der Waals surface area contributed by atoms with Gasteiger partial charge in [-0.15, -0.1) is 0 Å². The molecule has 0 unspecified atom stereocenters. The van der Waals surface area contributed by atoms with E-state index < -0.39 is 0 Å². The van der Waals surface area contributed by atoms with Gasteiger partial charge in [-0.05, 0) is 12.1 Å². The number of methoxy groups -OCH3 is 1. The molecule has 0 aliphatic heterocycles. The highest BCUT2D eigenvalue weighted by Gasteiger charge is 2.10. The topological polar surface area (TPSA) is 83.4 Å².